The molecule has 21 heavy (non-hydrogen) atoms. The third kappa shape index (κ3) is 2.86. The highest BCUT2D eigenvalue weighted by Gasteiger charge is 2.11. The average Bonchev–Trinajstić information content (AvgIpc) is 2.56. The number of hydrogen-bond donors (Lipinski definition) is 0. The Morgan fingerprint density at radius 2 is 1.76 bits per heavy atom. The molecule has 0 fully saturated rings. The summed E-state index contributed by atoms with van der Waals surface area (Å²) in [6, 6.07) is 9.95. The van der Waals surface area contributed by atoms with E-state index in [1.165, 1.54) is 0 Å². The van der Waals surface area contributed by atoms with Crippen molar-refractivity contribution in [3.05, 3.63) is 42.7 Å². The Labute approximate surface area is 127 Å². The molecule has 3 rings (SSSR count). The molecular weight excluding hydrogens is 280 g/mol. The molecule has 2 heterocycles. The van der Waals surface area contributed by atoms with Gasteiger partial charge < -0.3 is 0 Å². The fraction of sp³-hybridized carbons (Fsp3) is 0.125. The molecule has 1 aromatic carbocycles. The van der Waals surface area contributed by atoms with Crippen molar-refractivity contribution >= 4 is 22.5 Å². The topological polar surface area (TPSA) is 51.6 Å². The van der Waals surface area contributed by atoms with Gasteiger partial charge in [-0.2, -0.15) is 10.2 Å². The number of hydrogen-bond acceptors (Lipinski definition) is 5. The van der Waals surface area contributed by atoms with Gasteiger partial charge in [0.05, 0.1) is 12.4 Å². The van der Waals surface area contributed by atoms with Crippen molar-refractivity contribution < 1.29 is 0 Å². The van der Waals surface area contributed by atoms with Crippen molar-refractivity contribution in [3.8, 4) is 23.6 Å². The van der Waals surface area contributed by atoms with Crippen LogP contribution in [0.25, 0.3) is 22.0 Å². The van der Waals surface area contributed by atoms with Gasteiger partial charge in [0.1, 0.15) is 10.7 Å². The molecule has 0 radical (unpaired) electrons. The summed E-state index contributed by atoms with van der Waals surface area (Å²) in [5.74, 6) is 3.44. The molecule has 0 bridgehead atoms. The zero-order valence-electron chi connectivity index (χ0n) is 11.2. The van der Waals surface area contributed by atoms with Crippen molar-refractivity contribution in [2.75, 3.05) is 5.75 Å². The molecule has 0 amide bonds. The first-order valence-corrected chi connectivity index (χ1v) is 7.47. The van der Waals surface area contributed by atoms with E-state index in [4.69, 9.17) is 6.42 Å². The van der Waals surface area contributed by atoms with Crippen LogP contribution >= 0.6 is 11.8 Å². The molecule has 0 N–H and O–H groups in total. The Morgan fingerprint density at radius 1 is 1.00 bits per heavy atom. The Bertz CT molecular complexity index is 796. The monoisotopic (exact) mass is 292 g/mol. The number of rotatable bonds is 4. The van der Waals surface area contributed by atoms with Gasteiger partial charge in [0.25, 0.3) is 0 Å². The van der Waals surface area contributed by atoms with E-state index in [1.54, 1.807) is 24.2 Å². The Kier molecular flexibility index (Phi) is 4.08. The molecule has 0 saturated heterocycles. The van der Waals surface area contributed by atoms with Crippen LogP contribution in [0.15, 0.2) is 47.8 Å². The van der Waals surface area contributed by atoms with Crippen molar-refractivity contribution in [1.82, 2.24) is 20.4 Å². The molecule has 0 saturated carbocycles. The maximum atomic E-state index is 5.28. The summed E-state index contributed by atoms with van der Waals surface area (Å²) in [6.07, 6.45) is 9.45. The maximum absolute atomic E-state index is 5.28. The molecule has 0 spiro atoms. The summed E-state index contributed by atoms with van der Waals surface area (Å²) in [7, 11) is 0. The quantitative estimate of drug-likeness (QED) is 0.420. The van der Waals surface area contributed by atoms with Gasteiger partial charge in [-0.25, -0.2) is 0 Å². The van der Waals surface area contributed by atoms with Gasteiger partial charge in [-0.05, 0) is 0 Å². The zero-order chi connectivity index (χ0) is 14.5. The van der Waals surface area contributed by atoms with Crippen LogP contribution in [-0.2, 0) is 0 Å². The van der Waals surface area contributed by atoms with Crippen LogP contribution in [0.3, 0.4) is 0 Å². The summed E-state index contributed by atoms with van der Waals surface area (Å²) in [5, 5.41) is 19.4. The van der Waals surface area contributed by atoms with E-state index in [0.717, 1.165) is 32.8 Å². The first-order valence-electron chi connectivity index (χ1n) is 6.49. The highest BCUT2D eigenvalue weighted by molar-refractivity contribution is 7.99. The van der Waals surface area contributed by atoms with Crippen molar-refractivity contribution in [2.24, 2.45) is 0 Å². The molecule has 2 aromatic heterocycles. The fourth-order valence-corrected chi connectivity index (χ4v) is 2.84. The molecule has 102 valence electrons. The SMILES string of the molecule is C#CCCSc1nnc(-c2ccccc2)c2cnncc12. The smallest absolute Gasteiger partial charge is 0.128 e. The van der Waals surface area contributed by atoms with E-state index in [9.17, 15) is 0 Å². The van der Waals surface area contributed by atoms with Crippen LogP contribution in [-0.4, -0.2) is 26.1 Å². The molecule has 0 aliphatic rings. The highest BCUT2D eigenvalue weighted by atomic mass is 32.2. The second-order valence-electron chi connectivity index (χ2n) is 4.34. The van der Waals surface area contributed by atoms with Gasteiger partial charge >= 0.3 is 0 Å². The molecular formula is C16H12N4S. The molecule has 5 heteroatoms. The normalized spacial score (nSPS) is 10.4. The van der Waals surface area contributed by atoms with Crippen LogP contribution in [0, 0.1) is 12.3 Å². The number of terminal acetylenes is 1. The second kappa shape index (κ2) is 6.33. The average molecular weight is 292 g/mol. The number of nitrogens with zero attached hydrogens (tertiary/aromatic N) is 4. The predicted molar refractivity (Wildman–Crippen MR) is 84.7 cm³/mol. The fourth-order valence-electron chi connectivity index (χ4n) is 2.01. The van der Waals surface area contributed by atoms with E-state index in [0.29, 0.717) is 6.42 Å². The lowest BCUT2D eigenvalue weighted by Crippen LogP contribution is -1.95. The predicted octanol–water partition coefficient (Wildman–Crippen LogP) is 3.20. The highest BCUT2D eigenvalue weighted by Crippen LogP contribution is 2.30. The van der Waals surface area contributed by atoms with Crippen molar-refractivity contribution in [2.45, 2.75) is 11.4 Å². The van der Waals surface area contributed by atoms with Gasteiger partial charge in [-0.1, -0.05) is 30.3 Å². The van der Waals surface area contributed by atoms with Crippen LogP contribution in [0.2, 0.25) is 0 Å². The standard InChI is InChI=1S/C16H12N4S/c1-2-3-9-21-16-14-11-18-17-10-13(14)15(19-20-16)12-7-5-4-6-8-12/h1,4-8,10-11H,3,9H2. The third-order valence-electron chi connectivity index (χ3n) is 2.99. The molecule has 3 aromatic rings. The minimum absolute atomic E-state index is 0.701. The molecule has 0 aliphatic heterocycles. The van der Waals surface area contributed by atoms with Gasteiger partial charge in [0.15, 0.2) is 0 Å². The van der Waals surface area contributed by atoms with Gasteiger partial charge in [-0.15, -0.1) is 34.3 Å². The van der Waals surface area contributed by atoms with Crippen LogP contribution < -0.4 is 0 Å². The van der Waals surface area contributed by atoms with Gasteiger partial charge in [0, 0.05) is 28.5 Å². The summed E-state index contributed by atoms with van der Waals surface area (Å²) in [5.41, 5.74) is 1.84. The molecule has 0 unspecified atom stereocenters. The Balaban J connectivity index is 2.09. The Hall–Kier alpha value is -2.45. The molecule has 4 nitrogen and oxygen atoms in total. The van der Waals surface area contributed by atoms with Gasteiger partial charge in [0.2, 0.25) is 0 Å². The lowest BCUT2D eigenvalue weighted by atomic mass is 10.1. The third-order valence-corrected chi connectivity index (χ3v) is 3.97. The Morgan fingerprint density at radius 3 is 2.52 bits per heavy atom. The first-order chi connectivity index (χ1) is 10.4. The maximum Gasteiger partial charge on any atom is 0.128 e. The summed E-state index contributed by atoms with van der Waals surface area (Å²) in [6.45, 7) is 0. The number of thioether (sulfide) groups is 1. The summed E-state index contributed by atoms with van der Waals surface area (Å²) in [4.78, 5) is 0. The van der Waals surface area contributed by atoms with Crippen molar-refractivity contribution in [1.29, 1.82) is 0 Å². The lowest BCUT2D eigenvalue weighted by molar-refractivity contribution is 0.947. The molecule has 0 aliphatic carbocycles. The second-order valence-corrected chi connectivity index (χ2v) is 5.42. The number of benzene rings is 1. The van der Waals surface area contributed by atoms with Crippen molar-refractivity contribution in [3.63, 3.8) is 0 Å². The van der Waals surface area contributed by atoms with Crippen LogP contribution in [0.4, 0.5) is 0 Å². The summed E-state index contributed by atoms with van der Waals surface area (Å²) >= 11 is 1.59. The van der Waals surface area contributed by atoms with Crippen LogP contribution in [0.1, 0.15) is 6.42 Å². The number of fused-ring (bicyclic) bond motifs is 1. The van der Waals surface area contributed by atoms with Gasteiger partial charge in [-0.3, -0.25) is 0 Å². The van der Waals surface area contributed by atoms with E-state index < -0.39 is 0 Å². The van der Waals surface area contributed by atoms with E-state index in [2.05, 4.69) is 26.3 Å². The zero-order valence-corrected chi connectivity index (χ0v) is 12.0. The van der Waals surface area contributed by atoms with E-state index in [1.807, 2.05) is 30.3 Å². The van der Waals surface area contributed by atoms with Crippen LogP contribution in [0.5, 0.6) is 0 Å². The molecule has 0 atom stereocenters. The minimum Gasteiger partial charge on any atom is -0.158 e. The van der Waals surface area contributed by atoms with E-state index >= 15 is 0 Å². The minimum atomic E-state index is 0.701. The lowest BCUT2D eigenvalue weighted by Gasteiger charge is -2.07. The summed E-state index contributed by atoms with van der Waals surface area (Å²) < 4.78 is 0. The largest absolute Gasteiger partial charge is 0.158 e. The van der Waals surface area contributed by atoms with E-state index in [-0.39, 0.29) is 0 Å². The number of aromatic nitrogens is 4. The first kappa shape index (κ1) is 13.5.